The summed E-state index contributed by atoms with van der Waals surface area (Å²) in [7, 11) is 0. The quantitative estimate of drug-likeness (QED) is 0.777. The fraction of sp³-hybridized carbons (Fsp3) is 0.769. The van der Waals surface area contributed by atoms with E-state index in [2.05, 4.69) is 53.1 Å². The summed E-state index contributed by atoms with van der Waals surface area (Å²) < 4.78 is 2.64. The van der Waals surface area contributed by atoms with Gasteiger partial charge in [0.2, 0.25) is 0 Å². The number of nitrogens with zero attached hydrogens (tertiary/aromatic N) is 2. The van der Waals surface area contributed by atoms with E-state index in [1.165, 1.54) is 31.4 Å². The second-order valence-corrected chi connectivity index (χ2v) is 8.05. The molecule has 17 heavy (non-hydrogen) atoms. The molecule has 0 amide bonds. The maximum atomic E-state index is 4.16. The molecule has 0 radical (unpaired) electrons. The summed E-state index contributed by atoms with van der Waals surface area (Å²) in [6.45, 7) is 5.71. The molecular weight excluding hydrogens is 248 g/mol. The Hall–Kier alpha value is -0.0900. The highest BCUT2D eigenvalue weighted by molar-refractivity contribution is 8.21. The van der Waals surface area contributed by atoms with Crippen molar-refractivity contribution in [3.05, 3.63) is 18.7 Å². The summed E-state index contributed by atoms with van der Waals surface area (Å²) in [4.78, 5) is 4.16. The van der Waals surface area contributed by atoms with Crippen LogP contribution in [0.25, 0.3) is 0 Å². The Bertz CT molecular complexity index is 326. The smallest absolute Gasteiger partial charge is 0.0946 e. The van der Waals surface area contributed by atoms with E-state index in [9.17, 15) is 0 Å². The molecule has 2 heterocycles. The number of thioether (sulfide) groups is 2. The third-order valence-electron chi connectivity index (χ3n) is 3.26. The molecule has 0 spiro atoms. The van der Waals surface area contributed by atoms with Gasteiger partial charge < -0.3 is 4.57 Å². The second kappa shape index (κ2) is 6.19. The zero-order valence-corrected chi connectivity index (χ0v) is 12.4. The largest absolute Gasteiger partial charge is 0.335 e. The van der Waals surface area contributed by atoms with Crippen LogP contribution in [-0.4, -0.2) is 24.6 Å². The molecule has 2 unspecified atom stereocenters. The minimum atomic E-state index is 0.400. The molecule has 2 nitrogen and oxygen atoms in total. The minimum Gasteiger partial charge on any atom is -0.335 e. The van der Waals surface area contributed by atoms with Crippen LogP contribution in [0.4, 0.5) is 0 Å². The van der Waals surface area contributed by atoms with Crippen LogP contribution in [0, 0.1) is 0 Å². The first-order valence-electron chi connectivity index (χ1n) is 6.55. The summed E-state index contributed by atoms with van der Waals surface area (Å²) in [6, 6.07) is 0. The van der Waals surface area contributed by atoms with Crippen molar-refractivity contribution in [1.82, 2.24) is 9.55 Å². The maximum absolute atomic E-state index is 4.16. The number of imidazole rings is 1. The van der Waals surface area contributed by atoms with Gasteiger partial charge in [-0.1, -0.05) is 26.7 Å². The van der Waals surface area contributed by atoms with Gasteiger partial charge in [-0.2, -0.15) is 0 Å². The van der Waals surface area contributed by atoms with Crippen molar-refractivity contribution in [1.29, 1.82) is 0 Å². The Morgan fingerprint density at radius 2 is 2.35 bits per heavy atom. The monoisotopic (exact) mass is 270 g/mol. The number of rotatable bonds is 6. The van der Waals surface area contributed by atoms with Crippen LogP contribution in [0.1, 0.15) is 39.5 Å². The summed E-state index contributed by atoms with van der Waals surface area (Å²) in [5.41, 5.74) is 0. The van der Waals surface area contributed by atoms with Gasteiger partial charge in [0.15, 0.2) is 0 Å². The van der Waals surface area contributed by atoms with Crippen molar-refractivity contribution in [2.45, 2.75) is 55.4 Å². The van der Waals surface area contributed by atoms with E-state index in [4.69, 9.17) is 0 Å². The Morgan fingerprint density at radius 3 is 2.94 bits per heavy atom. The van der Waals surface area contributed by atoms with Gasteiger partial charge in [-0.25, -0.2) is 4.98 Å². The van der Waals surface area contributed by atoms with Gasteiger partial charge in [0.25, 0.3) is 0 Å². The van der Waals surface area contributed by atoms with Gasteiger partial charge >= 0.3 is 0 Å². The fourth-order valence-corrected chi connectivity index (χ4v) is 6.09. The molecule has 1 aromatic heterocycles. The van der Waals surface area contributed by atoms with Crippen molar-refractivity contribution < 1.29 is 0 Å². The molecule has 0 saturated carbocycles. The average molecular weight is 270 g/mol. The van der Waals surface area contributed by atoms with Crippen molar-refractivity contribution in [3.8, 4) is 0 Å². The molecule has 2 atom stereocenters. The molecule has 2 rings (SSSR count). The standard InChI is InChI=1S/C13H22N2S2/c1-3-5-6-13(10-15-8-7-14-11-15)16-9-12(4-2)17-13/h7-8,11-12H,3-6,9-10H2,1-2H3. The van der Waals surface area contributed by atoms with Crippen LogP contribution in [0.3, 0.4) is 0 Å². The predicted molar refractivity (Wildman–Crippen MR) is 78.6 cm³/mol. The van der Waals surface area contributed by atoms with Gasteiger partial charge in [0.1, 0.15) is 0 Å². The average Bonchev–Trinajstić information content (AvgIpc) is 2.97. The highest BCUT2D eigenvalue weighted by Crippen LogP contribution is 2.52. The molecule has 96 valence electrons. The summed E-state index contributed by atoms with van der Waals surface area (Å²) in [5.74, 6) is 1.32. The van der Waals surface area contributed by atoms with Crippen molar-refractivity contribution in [2.24, 2.45) is 0 Å². The highest BCUT2D eigenvalue weighted by atomic mass is 32.2. The number of aromatic nitrogens is 2. The summed E-state index contributed by atoms with van der Waals surface area (Å²) in [6.07, 6.45) is 11.2. The third-order valence-corrected chi connectivity index (χ3v) is 7.14. The molecule has 4 heteroatoms. The SMILES string of the molecule is CCCCC1(Cn2ccnc2)SCC(CC)S1. The van der Waals surface area contributed by atoms with Crippen LogP contribution in [0.5, 0.6) is 0 Å². The lowest BCUT2D eigenvalue weighted by molar-refractivity contribution is 0.567. The van der Waals surface area contributed by atoms with E-state index >= 15 is 0 Å². The molecule has 0 aromatic carbocycles. The zero-order chi connectivity index (χ0) is 12.1. The Kier molecular flexibility index (Phi) is 4.86. The molecule has 0 bridgehead atoms. The first-order valence-corrected chi connectivity index (χ1v) is 8.42. The number of hydrogen-bond acceptors (Lipinski definition) is 3. The predicted octanol–water partition coefficient (Wildman–Crippen LogP) is 4.03. The van der Waals surface area contributed by atoms with E-state index in [0.717, 1.165) is 11.8 Å². The fourth-order valence-electron chi connectivity index (χ4n) is 2.22. The Balaban J connectivity index is 2.02. The lowest BCUT2D eigenvalue weighted by Crippen LogP contribution is -2.24. The second-order valence-electron chi connectivity index (χ2n) is 4.71. The first kappa shape index (κ1) is 13.3. The molecule has 1 aliphatic heterocycles. The van der Waals surface area contributed by atoms with Crippen LogP contribution in [0.15, 0.2) is 18.7 Å². The molecule has 1 saturated heterocycles. The first-order chi connectivity index (χ1) is 8.28. The van der Waals surface area contributed by atoms with E-state index in [1.807, 2.05) is 12.5 Å². The molecule has 1 aromatic rings. The third kappa shape index (κ3) is 3.44. The van der Waals surface area contributed by atoms with E-state index in [0.29, 0.717) is 4.08 Å². The molecule has 1 aliphatic rings. The molecule has 0 N–H and O–H groups in total. The van der Waals surface area contributed by atoms with Crippen molar-refractivity contribution in [3.63, 3.8) is 0 Å². The van der Waals surface area contributed by atoms with Crippen LogP contribution in [0.2, 0.25) is 0 Å². The lowest BCUT2D eigenvalue weighted by Gasteiger charge is -2.28. The Labute approximate surface area is 113 Å². The topological polar surface area (TPSA) is 17.8 Å². The Morgan fingerprint density at radius 1 is 1.47 bits per heavy atom. The van der Waals surface area contributed by atoms with Crippen molar-refractivity contribution >= 4 is 23.5 Å². The number of unbranched alkanes of at least 4 members (excludes halogenated alkanes) is 1. The maximum Gasteiger partial charge on any atom is 0.0946 e. The van der Waals surface area contributed by atoms with E-state index < -0.39 is 0 Å². The van der Waals surface area contributed by atoms with Crippen molar-refractivity contribution in [2.75, 3.05) is 5.75 Å². The summed E-state index contributed by atoms with van der Waals surface area (Å²) in [5, 5.41) is 0.848. The van der Waals surface area contributed by atoms with Gasteiger partial charge in [-0.3, -0.25) is 0 Å². The molecule has 0 aliphatic carbocycles. The highest BCUT2D eigenvalue weighted by Gasteiger charge is 2.39. The molecule has 1 fully saturated rings. The molecular formula is C13H22N2S2. The minimum absolute atomic E-state index is 0.400. The number of hydrogen-bond donors (Lipinski definition) is 0. The van der Waals surface area contributed by atoms with E-state index in [-0.39, 0.29) is 0 Å². The van der Waals surface area contributed by atoms with Gasteiger partial charge in [0.05, 0.1) is 10.4 Å². The van der Waals surface area contributed by atoms with Gasteiger partial charge in [-0.05, 0) is 12.8 Å². The van der Waals surface area contributed by atoms with E-state index in [1.54, 1.807) is 0 Å². The van der Waals surface area contributed by atoms with Crippen LogP contribution in [-0.2, 0) is 6.54 Å². The van der Waals surface area contributed by atoms with Crippen LogP contribution >= 0.6 is 23.5 Å². The lowest BCUT2D eigenvalue weighted by atomic mass is 10.2. The normalized spacial score (nSPS) is 28.7. The zero-order valence-electron chi connectivity index (χ0n) is 10.8. The van der Waals surface area contributed by atoms with Gasteiger partial charge in [0, 0.05) is 29.9 Å². The van der Waals surface area contributed by atoms with Crippen LogP contribution < -0.4 is 0 Å². The van der Waals surface area contributed by atoms with Gasteiger partial charge in [-0.15, -0.1) is 23.5 Å². The summed E-state index contributed by atoms with van der Waals surface area (Å²) >= 11 is 4.39.